The molecule has 1 heterocycles. The van der Waals surface area contributed by atoms with Crippen LogP contribution in [0.15, 0.2) is 12.4 Å². The van der Waals surface area contributed by atoms with E-state index < -0.39 is 0 Å². The van der Waals surface area contributed by atoms with Gasteiger partial charge in [0, 0.05) is 13.1 Å². The van der Waals surface area contributed by atoms with Gasteiger partial charge in [-0.15, -0.1) is 0 Å². The number of ether oxygens (including phenoxy) is 1. The summed E-state index contributed by atoms with van der Waals surface area (Å²) >= 11 is 0. The van der Waals surface area contributed by atoms with Crippen molar-refractivity contribution in [3.63, 3.8) is 0 Å². The Morgan fingerprint density at radius 3 is 2.72 bits per heavy atom. The molecule has 0 aliphatic rings. The average Bonchev–Trinajstić information content (AvgIpc) is 2.35. The van der Waals surface area contributed by atoms with E-state index in [9.17, 15) is 4.79 Å². The molecule has 0 bridgehead atoms. The molecular weight excluding hydrogens is 232 g/mol. The molecule has 1 rings (SSSR count). The zero-order valence-electron chi connectivity index (χ0n) is 11.1. The molecule has 0 aliphatic heterocycles. The van der Waals surface area contributed by atoms with Gasteiger partial charge in [-0.2, -0.15) is 0 Å². The summed E-state index contributed by atoms with van der Waals surface area (Å²) in [6.07, 6.45) is 3.17. The van der Waals surface area contributed by atoms with Crippen LogP contribution in [0, 0.1) is 0 Å². The number of aromatic nitrogens is 2. The van der Waals surface area contributed by atoms with Crippen molar-refractivity contribution < 1.29 is 9.53 Å². The van der Waals surface area contributed by atoms with Gasteiger partial charge in [0.25, 0.3) is 5.91 Å². The summed E-state index contributed by atoms with van der Waals surface area (Å²) in [5.41, 5.74) is 0.307. The zero-order chi connectivity index (χ0) is 13.4. The second kappa shape index (κ2) is 7.60. The fraction of sp³-hybridized carbons (Fsp3) is 0.583. The van der Waals surface area contributed by atoms with Gasteiger partial charge in [0.15, 0.2) is 0 Å². The highest BCUT2D eigenvalue weighted by atomic mass is 16.5. The molecule has 0 aromatic carbocycles. The molecule has 0 radical (unpaired) electrons. The van der Waals surface area contributed by atoms with Crippen LogP contribution in [0.5, 0.6) is 0 Å². The molecule has 0 aliphatic carbocycles. The number of hydrogen-bond acceptors (Lipinski definition) is 5. The maximum atomic E-state index is 11.7. The molecule has 6 heteroatoms. The van der Waals surface area contributed by atoms with E-state index in [1.807, 2.05) is 20.8 Å². The number of rotatable bonds is 7. The standard InChI is InChI=1S/C12H20N4O2/c1-4-13-11-8-15-10(7-16-11)12(17)14-5-6-18-9(2)3/h7-9H,4-6H2,1-3H3,(H,13,16)(H,14,17). The smallest absolute Gasteiger partial charge is 0.271 e. The van der Waals surface area contributed by atoms with Crippen LogP contribution in [0.2, 0.25) is 0 Å². The molecule has 0 atom stereocenters. The topological polar surface area (TPSA) is 76.1 Å². The van der Waals surface area contributed by atoms with E-state index in [2.05, 4.69) is 20.6 Å². The molecule has 0 spiro atoms. The van der Waals surface area contributed by atoms with Gasteiger partial charge in [0.05, 0.1) is 25.1 Å². The summed E-state index contributed by atoms with van der Waals surface area (Å²) in [6, 6.07) is 0. The maximum Gasteiger partial charge on any atom is 0.271 e. The third kappa shape index (κ3) is 5.09. The predicted octanol–water partition coefficient (Wildman–Crippen LogP) is 1.06. The first-order valence-corrected chi connectivity index (χ1v) is 6.09. The van der Waals surface area contributed by atoms with Crippen LogP contribution >= 0.6 is 0 Å². The van der Waals surface area contributed by atoms with Crippen molar-refractivity contribution in [2.45, 2.75) is 26.9 Å². The van der Waals surface area contributed by atoms with Crippen molar-refractivity contribution in [3.05, 3.63) is 18.1 Å². The Labute approximate surface area is 107 Å². The molecule has 2 N–H and O–H groups in total. The summed E-state index contributed by atoms with van der Waals surface area (Å²) in [5.74, 6) is 0.426. The number of nitrogens with one attached hydrogen (secondary N) is 2. The van der Waals surface area contributed by atoms with Crippen LogP contribution in [-0.2, 0) is 4.74 Å². The van der Waals surface area contributed by atoms with Crippen molar-refractivity contribution in [2.24, 2.45) is 0 Å². The first-order chi connectivity index (χ1) is 8.63. The minimum absolute atomic E-state index is 0.168. The highest BCUT2D eigenvalue weighted by Crippen LogP contribution is 2.00. The Balaban J connectivity index is 2.37. The van der Waals surface area contributed by atoms with Crippen LogP contribution in [0.3, 0.4) is 0 Å². The summed E-state index contributed by atoms with van der Waals surface area (Å²) < 4.78 is 5.32. The number of amides is 1. The number of nitrogens with zero attached hydrogens (tertiary/aromatic N) is 2. The quantitative estimate of drug-likeness (QED) is 0.710. The molecular formula is C12H20N4O2. The van der Waals surface area contributed by atoms with Gasteiger partial charge < -0.3 is 15.4 Å². The van der Waals surface area contributed by atoms with Crippen LogP contribution in [0.25, 0.3) is 0 Å². The Bertz CT molecular complexity index is 365. The zero-order valence-corrected chi connectivity index (χ0v) is 11.1. The van der Waals surface area contributed by atoms with E-state index in [1.165, 1.54) is 6.20 Å². The normalized spacial score (nSPS) is 10.4. The van der Waals surface area contributed by atoms with Gasteiger partial charge in [0.1, 0.15) is 11.5 Å². The highest BCUT2D eigenvalue weighted by molar-refractivity contribution is 5.91. The lowest BCUT2D eigenvalue weighted by molar-refractivity contribution is 0.0744. The summed E-state index contributed by atoms with van der Waals surface area (Å²) in [6.45, 7) is 7.60. The first-order valence-electron chi connectivity index (χ1n) is 6.09. The molecule has 1 aromatic rings. The summed E-state index contributed by atoms with van der Waals surface area (Å²) in [5, 5.41) is 5.73. The average molecular weight is 252 g/mol. The maximum absolute atomic E-state index is 11.7. The van der Waals surface area contributed by atoms with Crippen molar-refractivity contribution in [1.29, 1.82) is 0 Å². The van der Waals surface area contributed by atoms with Crippen molar-refractivity contribution in [3.8, 4) is 0 Å². The lowest BCUT2D eigenvalue weighted by atomic mass is 10.4. The molecule has 0 fully saturated rings. The third-order valence-corrected chi connectivity index (χ3v) is 2.08. The second-order valence-corrected chi connectivity index (χ2v) is 3.99. The molecule has 1 aromatic heterocycles. The van der Waals surface area contributed by atoms with Crippen molar-refractivity contribution in [1.82, 2.24) is 15.3 Å². The van der Waals surface area contributed by atoms with Gasteiger partial charge in [-0.1, -0.05) is 0 Å². The second-order valence-electron chi connectivity index (χ2n) is 3.99. The van der Waals surface area contributed by atoms with E-state index in [4.69, 9.17) is 4.74 Å². The SMILES string of the molecule is CCNc1cnc(C(=O)NCCOC(C)C)cn1. The first kappa shape index (κ1) is 14.4. The number of carbonyl (C=O) groups is 1. The van der Waals surface area contributed by atoms with Crippen molar-refractivity contribution >= 4 is 11.7 Å². The molecule has 1 amide bonds. The molecule has 0 unspecified atom stereocenters. The van der Waals surface area contributed by atoms with E-state index in [1.54, 1.807) is 6.20 Å². The molecule has 100 valence electrons. The summed E-state index contributed by atoms with van der Waals surface area (Å²) in [4.78, 5) is 19.8. The van der Waals surface area contributed by atoms with Crippen LogP contribution in [-0.4, -0.2) is 41.7 Å². The van der Waals surface area contributed by atoms with Gasteiger partial charge in [-0.25, -0.2) is 9.97 Å². The lowest BCUT2D eigenvalue weighted by Gasteiger charge is -2.08. The van der Waals surface area contributed by atoms with Gasteiger partial charge >= 0.3 is 0 Å². The fourth-order valence-electron chi connectivity index (χ4n) is 1.27. The number of anilines is 1. The molecule has 0 saturated heterocycles. The van der Waals surface area contributed by atoms with Crippen LogP contribution < -0.4 is 10.6 Å². The number of carbonyl (C=O) groups excluding carboxylic acids is 1. The summed E-state index contributed by atoms with van der Waals surface area (Å²) in [7, 11) is 0. The van der Waals surface area contributed by atoms with E-state index in [-0.39, 0.29) is 12.0 Å². The van der Waals surface area contributed by atoms with E-state index >= 15 is 0 Å². The van der Waals surface area contributed by atoms with Crippen molar-refractivity contribution in [2.75, 3.05) is 25.0 Å². The highest BCUT2D eigenvalue weighted by Gasteiger charge is 2.07. The Morgan fingerprint density at radius 2 is 2.17 bits per heavy atom. The van der Waals surface area contributed by atoms with E-state index in [0.29, 0.717) is 24.7 Å². The fourth-order valence-corrected chi connectivity index (χ4v) is 1.27. The molecule has 0 saturated carbocycles. The lowest BCUT2D eigenvalue weighted by Crippen LogP contribution is -2.28. The van der Waals surface area contributed by atoms with E-state index in [0.717, 1.165) is 6.54 Å². The number of hydrogen-bond donors (Lipinski definition) is 2. The van der Waals surface area contributed by atoms with Gasteiger partial charge in [-0.3, -0.25) is 4.79 Å². The van der Waals surface area contributed by atoms with Gasteiger partial charge in [0.2, 0.25) is 0 Å². The molecule has 18 heavy (non-hydrogen) atoms. The predicted molar refractivity (Wildman–Crippen MR) is 69.6 cm³/mol. The Morgan fingerprint density at radius 1 is 1.39 bits per heavy atom. The third-order valence-electron chi connectivity index (χ3n) is 2.08. The molecule has 6 nitrogen and oxygen atoms in total. The van der Waals surface area contributed by atoms with Crippen LogP contribution in [0.1, 0.15) is 31.3 Å². The van der Waals surface area contributed by atoms with Crippen LogP contribution in [0.4, 0.5) is 5.82 Å². The minimum Gasteiger partial charge on any atom is -0.377 e. The largest absolute Gasteiger partial charge is 0.377 e. The monoisotopic (exact) mass is 252 g/mol. The van der Waals surface area contributed by atoms with Gasteiger partial charge in [-0.05, 0) is 20.8 Å². The Hall–Kier alpha value is -1.69. The Kier molecular flexibility index (Phi) is 6.07. The minimum atomic E-state index is -0.238.